The summed E-state index contributed by atoms with van der Waals surface area (Å²) in [4.78, 5) is 14.3. The minimum absolute atomic E-state index is 0. The summed E-state index contributed by atoms with van der Waals surface area (Å²) in [5.41, 5.74) is 8.12. The van der Waals surface area contributed by atoms with Crippen LogP contribution in [0.5, 0.6) is 0 Å². The Labute approximate surface area is 133 Å². The van der Waals surface area contributed by atoms with Crippen LogP contribution in [0.4, 0.5) is 5.69 Å². The minimum atomic E-state index is 0. The average molecular weight is 312 g/mol. The standard InChI is InChI=1S/C16H25N3O.ClH/c1-3-13-5-4-6-14(9-13)18-16(20)11-19-8-7-15(17)12(2)10-19;/h4-6,9,12,15H,3,7-8,10-11,17H2,1-2H3,(H,18,20);1H. The lowest BCUT2D eigenvalue weighted by Crippen LogP contribution is -2.48. The fourth-order valence-electron chi connectivity index (χ4n) is 2.67. The summed E-state index contributed by atoms with van der Waals surface area (Å²) in [5.74, 6) is 0.515. The van der Waals surface area contributed by atoms with E-state index in [1.807, 2.05) is 18.2 Å². The highest BCUT2D eigenvalue weighted by atomic mass is 35.5. The normalized spacial score (nSPS) is 22.4. The zero-order valence-corrected chi connectivity index (χ0v) is 13.7. The molecule has 1 saturated heterocycles. The van der Waals surface area contributed by atoms with Crippen LogP contribution in [0.2, 0.25) is 0 Å². The third-order valence-corrected chi connectivity index (χ3v) is 4.04. The number of halogens is 1. The van der Waals surface area contributed by atoms with Crippen LogP contribution in [-0.4, -0.2) is 36.5 Å². The molecule has 5 heteroatoms. The molecule has 1 aromatic rings. The number of nitrogens with two attached hydrogens (primary N) is 1. The lowest BCUT2D eigenvalue weighted by molar-refractivity contribution is -0.117. The highest BCUT2D eigenvalue weighted by molar-refractivity contribution is 5.92. The largest absolute Gasteiger partial charge is 0.327 e. The molecule has 0 bridgehead atoms. The number of rotatable bonds is 4. The highest BCUT2D eigenvalue weighted by Crippen LogP contribution is 2.15. The van der Waals surface area contributed by atoms with Crippen molar-refractivity contribution in [1.82, 2.24) is 4.90 Å². The van der Waals surface area contributed by atoms with E-state index < -0.39 is 0 Å². The first-order valence-corrected chi connectivity index (χ1v) is 7.45. The van der Waals surface area contributed by atoms with Gasteiger partial charge < -0.3 is 11.1 Å². The number of nitrogens with one attached hydrogen (secondary N) is 1. The maximum atomic E-state index is 12.1. The van der Waals surface area contributed by atoms with Crippen molar-refractivity contribution in [2.75, 3.05) is 25.0 Å². The van der Waals surface area contributed by atoms with Crippen LogP contribution in [0.15, 0.2) is 24.3 Å². The molecule has 0 aliphatic carbocycles. The van der Waals surface area contributed by atoms with E-state index in [1.165, 1.54) is 5.56 Å². The Morgan fingerprint density at radius 3 is 2.90 bits per heavy atom. The fourth-order valence-corrected chi connectivity index (χ4v) is 2.67. The van der Waals surface area contributed by atoms with Gasteiger partial charge >= 0.3 is 0 Å². The molecule has 118 valence electrons. The maximum Gasteiger partial charge on any atom is 0.238 e. The number of anilines is 1. The van der Waals surface area contributed by atoms with Crippen molar-refractivity contribution < 1.29 is 4.79 Å². The monoisotopic (exact) mass is 311 g/mol. The molecule has 0 radical (unpaired) electrons. The van der Waals surface area contributed by atoms with Gasteiger partial charge in [-0.3, -0.25) is 9.69 Å². The second kappa shape index (κ2) is 8.37. The lowest BCUT2D eigenvalue weighted by Gasteiger charge is -2.34. The Morgan fingerprint density at radius 2 is 2.24 bits per heavy atom. The number of nitrogens with zero attached hydrogens (tertiary/aromatic N) is 1. The molecule has 21 heavy (non-hydrogen) atoms. The molecule has 1 amide bonds. The van der Waals surface area contributed by atoms with Gasteiger partial charge in [0.15, 0.2) is 0 Å². The van der Waals surface area contributed by atoms with Gasteiger partial charge in [-0.2, -0.15) is 0 Å². The van der Waals surface area contributed by atoms with Gasteiger partial charge in [-0.05, 0) is 36.5 Å². The molecule has 1 fully saturated rings. The van der Waals surface area contributed by atoms with Gasteiger partial charge in [0.25, 0.3) is 0 Å². The molecular weight excluding hydrogens is 286 g/mol. The predicted molar refractivity (Wildman–Crippen MR) is 89.9 cm³/mol. The molecule has 3 N–H and O–H groups in total. The Balaban J connectivity index is 0.00000220. The smallest absolute Gasteiger partial charge is 0.238 e. The van der Waals surface area contributed by atoms with E-state index in [4.69, 9.17) is 5.73 Å². The Hall–Kier alpha value is -1.10. The molecule has 1 aliphatic heterocycles. The van der Waals surface area contributed by atoms with E-state index in [1.54, 1.807) is 0 Å². The second-order valence-corrected chi connectivity index (χ2v) is 5.77. The lowest BCUT2D eigenvalue weighted by atomic mass is 9.95. The first-order chi connectivity index (χ1) is 9.58. The van der Waals surface area contributed by atoms with Crippen molar-refractivity contribution in [2.45, 2.75) is 32.7 Å². The zero-order valence-electron chi connectivity index (χ0n) is 12.8. The number of hydrogen-bond acceptors (Lipinski definition) is 3. The molecule has 0 aromatic heterocycles. The summed E-state index contributed by atoms with van der Waals surface area (Å²) >= 11 is 0. The first-order valence-electron chi connectivity index (χ1n) is 7.45. The Kier molecular flexibility index (Phi) is 7.15. The number of benzene rings is 1. The number of amides is 1. The molecule has 2 unspecified atom stereocenters. The number of carbonyl (C=O) groups excluding carboxylic acids is 1. The van der Waals surface area contributed by atoms with Gasteiger partial charge in [0.05, 0.1) is 6.54 Å². The van der Waals surface area contributed by atoms with Gasteiger partial charge in [-0.1, -0.05) is 26.0 Å². The highest BCUT2D eigenvalue weighted by Gasteiger charge is 2.24. The quantitative estimate of drug-likeness (QED) is 0.897. The summed E-state index contributed by atoms with van der Waals surface area (Å²) in [5, 5.41) is 2.98. The van der Waals surface area contributed by atoms with Crippen molar-refractivity contribution in [3.8, 4) is 0 Å². The van der Waals surface area contributed by atoms with E-state index in [9.17, 15) is 4.79 Å². The molecule has 1 aromatic carbocycles. The molecule has 2 atom stereocenters. The average Bonchev–Trinajstić information content (AvgIpc) is 2.43. The minimum Gasteiger partial charge on any atom is -0.327 e. The molecule has 1 aliphatic rings. The fraction of sp³-hybridized carbons (Fsp3) is 0.562. The summed E-state index contributed by atoms with van der Waals surface area (Å²) < 4.78 is 0. The van der Waals surface area contributed by atoms with Crippen LogP contribution < -0.4 is 11.1 Å². The number of piperidine rings is 1. The molecular formula is C16H26ClN3O. The third kappa shape index (κ3) is 5.30. The van der Waals surface area contributed by atoms with Crippen molar-refractivity contribution >= 4 is 24.0 Å². The van der Waals surface area contributed by atoms with E-state index in [-0.39, 0.29) is 24.4 Å². The first kappa shape index (κ1) is 18.0. The van der Waals surface area contributed by atoms with Crippen LogP contribution in [0.1, 0.15) is 25.8 Å². The van der Waals surface area contributed by atoms with Crippen molar-refractivity contribution in [3.63, 3.8) is 0 Å². The summed E-state index contributed by atoms with van der Waals surface area (Å²) in [6.07, 6.45) is 1.95. The molecule has 2 rings (SSSR count). The SMILES string of the molecule is CCc1cccc(NC(=O)CN2CCC(N)C(C)C2)c1.Cl. The van der Waals surface area contributed by atoms with Crippen LogP contribution in [-0.2, 0) is 11.2 Å². The van der Waals surface area contributed by atoms with Crippen molar-refractivity contribution in [1.29, 1.82) is 0 Å². The molecule has 1 heterocycles. The summed E-state index contributed by atoms with van der Waals surface area (Å²) in [6, 6.07) is 8.30. The van der Waals surface area contributed by atoms with Crippen LogP contribution in [0.3, 0.4) is 0 Å². The van der Waals surface area contributed by atoms with Gasteiger partial charge in [0, 0.05) is 24.8 Å². The predicted octanol–water partition coefficient (Wildman–Crippen LogP) is 2.28. The van der Waals surface area contributed by atoms with Gasteiger partial charge in [0.1, 0.15) is 0 Å². The number of likely N-dealkylation sites (tertiary alicyclic amines) is 1. The third-order valence-electron chi connectivity index (χ3n) is 4.04. The zero-order chi connectivity index (χ0) is 14.5. The number of aryl methyl sites for hydroxylation is 1. The maximum absolute atomic E-state index is 12.1. The molecule has 4 nitrogen and oxygen atoms in total. The summed E-state index contributed by atoms with van der Waals surface area (Å²) in [6.45, 7) is 6.53. The molecule has 0 spiro atoms. The van der Waals surface area contributed by atoms with Gasteiger partial charge in [-0.25, -0.2) is 0 Å². The summed E-state index contributed by atoms with van der Waals surface area (Å²) in [7, 11) is 0. The van der Waals surface area contributed by atoms with E-state index >= 15 is 0 Å². The Bertz CT molecular complexity index is 467. The van der Waals surface area contributed by atoms with Crippen LogP contribution >= 0.6 is 12.4 Å². The van der Waals surface area contributed by atoms with E-state index in [0.29, 0.717) is 12.5 Å². The number of hydrogen-bond donors (Lipinski definition) is 2. The Morgan fingerprint density at radius 1 is 1.48 bits per heavy atom. The number of carbonyl (C=O) groups is 1. The van der Waals surface area contributed by atoms with Crippen molar-refractivity contribution in [3.05, 3.63) is 29.8 Å². The van der Waals surface area contributed by atoms with Crippen LogP contribution in [0.25, 0.3) is 0 Å². The van der Waals surface area contributed by atoms with Crippen molar-refractivity contribution in [2.24, 2.45) is 11.7 Å². The van der Waals surface area contributed by atoms with E-state index in [2.05, 4.69) is 30.1 Å². The van der Waals surface area contributed by atoms with E-state index in [0.717, 1.165) is 31.6 Å². The van der Waals surface area contributed by atoms with Gasteiger partial charge in [0.2, 0.25) is 5.91 Å². The van der Waals surface area contributed by atoms with Crippen LogP contribution in [0, 0.1) is 5.92 Å². The topological polar surface area (TPSA) is 58.4 Å². The van der Waals surface area contributed by atoms with Gasteiger partial charge in [-0.15, -0.1) is 12.4 Å². The second-order valence-electron chi connectivity index (χ2n) is 5.77. The molecule has 0 saturated carbocycles.